The summed E-state index contributed by atoms with van der Waals surface area (Å²) >= 11 is 5.91. The highest BCUT2D eigenvalue weighted by Crippen LogP contribution is 2.53. The van der Waals surface area contributed by atoms with Crippen molar-refractivity contribution in [3.63, 3.8) is 0 Å². The van der Waals surface area contributed by atoms with Crippen LogP contribution in [0.2, 0.25) is 5.02 Å². The molecule has 0 radical (unpaired) electrons. The molecule has 138 valence electrons. The van der Waals surface area contributed by atoms with E-state index in [-0.39, 0.29) is 12.7 Å². The van der Waals surface area contributed by atoms with Crippen molar-refractivity contribution in [1.82, 2.24) is 4.90 Å². The van der Waals surface area contributed by atoms with Crippen LogP contribution in [0.15, 0.2) is 24.3 Å². The van der Waals surface area contributed by atoms with Gasteiger partial charge in [0, 0.05) is 5.02 Å². The van der Waals surface area contributed by atoms with E-state index in [0.717, 1.165) is 31.4 Å². The van der Waals surface area contributed by atoms with Gasteiger partial charge in [0.2, 0.25) is 0 Å². The van der Waals surface area contributed by atoms with Gasteiger partial charge < -0.3 is 14.6 Å². The van der Waals surface area contributed by atoms with Crippen molar-refractivity contribution in [2.24, 2.45) is 0 Å². The van der Waals surface area contributed by atoms with Gasteiger partial charge >= 0.3 is 6.09 Å². The van der Waals surface area contributed by atoms with E-state index in [0.29, 0.717) is 11.6 Å². The van der Waals surface area contributed by atoms with Gasteiger partial charge in [-0.05, 0) is 70.7 Å². The summed E-state index contributed by atoms with van der Waals surface area (Å²) in [4.78, 5) is 14.6. The van der Waals surface area contributed by atoms with Gasteiger partial charge in [0.15, 0.2) is 0 Å². The highest BCUT2D eigenvalue weighted by molar-refractivity contribution is 6.30. The van der Waals surface area contributed by atoms with Crippen molar-refractivity contribution in [2.75, 3.05) is 13.2 Å². The fourth-order valence-corrected chi connectivity index (χ4v) is 4.14. The van der Waals surface area contributed by atoms with E-state index in [1.54, 1.807) is 17.0 Å². The summed E-state index contributed by atoms with van der Waals surface area (Å²) in [6.07, 6.45) is 2.79. The minimum absolute atomic E-state index is 0.0467. The van der Waals surface area contributed by atoms with Gasteiger partial charge in [-0.3, -0.25) is 4.90 Å². The van der Waals surface area contributed by atoms with E-state index in [1.165, 1.54) is 0 Å². The van der Waals surface area contributed by atoms with Crippen LogP contribution in [-0.4, -0.2) is 46.0 Å². The number of carbonyl (C=O) groups is 1. The topological polar surface area (TPSA) is 59.0 Å². The maximum absolute atomic E-state index is 12.9. The minimum Gasteiger partial charge on any atom is -0.491 e. The number of aliphatic hydroxyl groups is 1. The van der Waals surface area contributed by atoms with Crippen LogP contribution in [0.1, 0.15) is 46.5 Å². The Bertz CT molecular complexity index is 630. The number of hydrogen-bond donors (Lipinski definition) is 1. The zero-order chi connectivity index (χ0) is 18.3. The number of nitrogens with zero attached hydrogens (tertiary/aromatic N) is 1. The summed E-state index contributed by atoms with van der Waals surface area (Å²) in [7, 11) is 0. The second kappa shape index (κ2) is 6.36. The Morgan fingerprint density at radius 3 is 2.24 bits per heavy atom. The smallest absolute Gasteiger partial charge is 0.411 e. The molecule has 1 amide bonds. The van der Waals surface area contributed by atoms with Gasteiger partial charge in [-0.25, -0.2) is 4.79 Å². The average Bonchev–Trinajstić information content (AvgIpc) is 3.04. The first-order valence-corrected chi connectivity index (χ1v) is 9.10. The van der Waals surface area contributed by atoms with Gasteiger partial charge in [-0.2, -0.15) is 0 Å². The maximum atomic E-state index is 12.9. The van der Waals surface area contributed by atoms with Crippen LogP contribution in [0.4, 0.5) is 4.79 Å². The molecule has 0 aromatic heterocycles. The Hall–Kier alpha value is -1.46. The standard InChI is InChI=1S/C19H26ClNO4/c1-17(2,3)25-16(23)21-18(12-22)8-10-19(21,11-9-18)13-24-15-6-4-14(20)5-7-15/h4-7,22H,8-13H2,1-3H3. The summed E-state index contributed by atoms with van der Waals surface area (Å²) < 4.78 is 11.6. The largest absolute Gasteiger partial charge is 0.491 e. The number of aliphatic hydroxyl groups excluding tert-OH is 1. The highest BCUT2D eigenvalue weighted by atomic mass is 35.5. The lowest BCUT2D eigenvalue weighted by Crippen LogP contribution is -2.55. The molecule has 6 heteroatoms. The molecule has 2 saturated heterocycles. The number of amides is 1. The molecule has 0 aliphatic carbocycles. The van der Waals surface area contributed by atoms with Crippen LogP contribution in [0.3, 0.4) is 0 Å². The van der Waals surface area contributed by atoms with Crippen LogP contribution in [-0.2, 0) is 4.74 Å². The van der Waals surface area contributed by atoms with Crippen molar-refractivity contribution >= 4 is 17.7 Å². The SMILES string of the molecule is CC(C)(C)OC(=O)N1C2(CO)CCC1(COc1ccc(Cl)cc1)CC2. The first-order valence-electron chi connectivity index (χ1n) is 8.72. The third kappa shape index (κ3) is 3.44. The molecule has 0 saturated carbocycles. The fourth-order valence-electron chi connectivity index (χ4n) is 4.01. The average molecular weight is 368 g/mol. The number of ether oxygens (including phenoxy) is 2. The first-order chi connectivity index (χ1) is 11.7. The summed E-state index contributed by atoms with van der Waals surface area (Å²) in [5.41, 5.74) is -1.52. The van der Waals surface area contributed by atoms with Crippen molar-refractivity contribution in [1.29, 1.82) is 0 Å². The molecular formula is C19H26ClNO4. The lowest BCUT2D eigenvalue weighted by molar-refractivity contribution is -0.0213. The molecule has 25 heavy (non-hydrogen) atoms. The van der Waals surface area contributed by atoms with Crippen LogP contribution >= 0.6 is 11.6 Å². The third-order valence-electron chi connectivity index (χ3n) is 5.25. The van der Waals surface area contributed by atoms with E-state index < -0.39 is 16.7 Å². The highest BCUT2D eigenvalue weighted by Gasteiger charge is 2.63. The zero-order valence-corrected chi connectivity index (χ0v) is 15.8. The minimum atomic E-state index is -0.575. The van der Waals surface area contributed by atoms with Gasteiger partial charge in [-0.15, -0.1) is 0 Å². The molecule has 2 fully saturated rings. The van der Waals surface area contributed by atoms with E-state index in [1.807, 2.05) is 32.9 Å². The molecule has 2 aliphatic rings. The monoisotopic (exact) mass is 367 g/mol. The molecule has 0 atom stereocenters. The van der Waals surface area contributed by atoms with Crippen LogP contribution < -0.4 is 4.74 Å². The van der Waals surface area contributed by atoms with Crippen molar-refractivity contribution in [3.05, 3.63) is 29.3 Å². The lowest BCUT2D eigenvalue weighted by Gasteiger charge is -2.39. The normalized spacial score (nSPS) is 28.3. The van der Waals surface area contributed by atoms with Crippen molar-refractivity contribution < 1.29 is 19.4 Å². The quantitative estimate of drug-likeness (QED) is 0.873. The number of fused-ring (bicyclic) bond motifs is 2. The van der Waals surface area contributed by atoms with Gasteiger partial charge in [-0.1, -0.05) is 11.6 Å². The summed E-state index contributed by atoms with van der Waals surface area (Å²) in [5, 5.41) is 10.6. The van der Waals surface area contributed by atoms with Crippen LogP contribution in [0, 0.1) is 0 Å². The van der Waals surface area contributed by atoms with Gasteiger partial charge in [0.25, 0.3) is 0 Å². The number of rotatable bonds is 4. The molecule has 5 nitrogen and oxygen atoms in total. The second-order valence-corrected chi connectivity index (χ2v) is 8.60. The molecule has 2 heterocycles. The number of halogens is 1. The van der Waals surface area contributed by atoms with Crippen molar-refractivity contribution in [3.8, 4) is 5.75 Å². The van der Waals surface area contributed by atoms with E-state index in [2.05, 4.69) is 0 Å². The molecule has 0 spiro atoms. The Morgan fingerprint density at radius 1 is 1.16 bits per heavy atom. The summed E-state index contributed by atoms with van der Waals surface area (Å²) in [6.45, 7) is 5.90. The Labute approximate surface area is 153 Å². The molecule has 3 rings (SSSR count). The van der Waals surface area contributed by atoms with Crippen LogP contribution in [0.5, 0.6) is 5.75 Å². The molecule has 2 bridgehead atoms. The van der Waals surface area contributed by atoms with E-state index in [9.17, 15) is 9.90 Å². The molecule has 2 aliphatic heterocycles. The first kappa shape index (κ1) is 18.3. The third-order valence-corrected chi connectivity index (χ3v) is 5.50. The van der Waals surface area contributed by atoms with Gasteiger partial charge in [0.05, 0.1) is 17.7 Å². The number of hydrogen-bond acceptors (Lipinski definition) is 4. The number of benzene rings is 1. The molecule has 0 unspecified atom stereocenters. The van der Waals surface area contributed by atoms with E-state index in [4.69, 9.17) is 21.1 Å². The zero-order valence-electron chi connectivity index (χ0n) is 15.0. The molecule has 1 aromatic rings. The van der Waals surface area contributed by atoms with Crippen LogP contribution in [0.25, 0.3) is 0 Å². The van der Waals surface area contributed by atoms with E-state index >= 15 is 0 Å². The van der Waals surface area contributed by atoms with Crippen molar-refractivity contribution in [2.45, 2.75) is 63.1 Å². The molecular weight excluding hydrogens is 342 g/mol. The fraction of sp³-hybridized carbons (Fsp3) is 0.632. The summed E-state index contributed by atoms with van der Waals surface area (Å²) in [6, 6.07) is 7.20. The Kier molecular flexibility index (Phi) is 4.67. The predicted molar refractivity (Wildman–Crippen MR) is 96.0 cm³/mol. The maximum Gasteiger partial charge on any atom is 0.411 e. The molecule has 1 aromatic carbocycles. The number of carbonyl (C=O) groups excluding carboxylic acids is 1. The Balaban J connectivity index is 1.80. The Morgan fingerprint density at radius 2 is 1.72 bits per heavy atom. The van der Waals surface area contributed by atoms with Gasteiger partial charge in [0.1, 0.15) is 18.0 Å². The molecule has 1 N–H and O–H groups in total. The second-order valence-electron chi connectivity index (χ2n) is 8.17. The summed E-state index contributed by atoms with van der Waals surface area (Å²) in [5.74, 6) is 0.719. The lowest BCUT2D eigenvalue weighted by atomic mass is 9.83. The predicted octanol–water partition coefficient (Wildman–Crippen LogP) is 4.01.